The minimum Gasteiger partial charge on any atom is -0.454 e. The number of anilines is 1. The first kappa shape index (κ1) is 14.5. The van der Waals surface area contributed by atoms with E-state index in [4.69, 9.17) is 22.1 Å². The second-order valence-corrected chi connectivity index (χ2v) is 4.31. The highest BCUT2D eigenvalue weighted by Crippen LogP contribution is 2.37. The number of rotatable bonds is 2. The Morgan fingerprint density at radius 1 is 1.10 bits per heavy atom. The number of hydrogen-bond donors (Lipinski definition) is 1. The molecule has 0 bridgehead atoms. The van der Waals surface area contributed by atoms with Crippen molar-refractivity contribution < 1.29 is 22.3 Å². The fourth-order valence-corrected chi connectivity index (χ4v) is 1.70. The molecule has 0 heterocycles. The average Bonchev–Trinajstić information content (AvgIpc) is 2.36. The maximum absolute atomic E-state index is 13.6. The number of ether oxygens (including phenoxy) is 1. The molecule has 0 unspecified atom stereocenters. The van der Waals surface area contributed by atoms with Gasteiger partial charge in [0.15, 0.2) is 11.6 Å². The molecule has 0 amide bonds. The summed E-state index contributed by atoms with van der Waals surface area (Å²) in [6.45, 7) is 0. The van der Waals surface area contributed by atoms with Gasteiger partial charge in [-0.05, 0) is 30.3 Å². The van der Waals surface area contributed by atoms with Crippen molar-refractivity contribution >= 4 is 17.3 Å². The van der Waals surface area contributed by atoms with Gasteiger partial charge in [0.1, 0.15) is 5.75 Å². The molecule has 0 aliphatic heterocycles. The van der Waals surface area contributed by atoms with Gasteiger partial charge in [0.05, 0.1) is 10.6 Å². The third-order valence-electron chi connectivity index (χ3n) is 2.47. The smallest absolute Gasteiger partial charge is 0.418 e. The van der Waals surface area contributed by atoms with Crippen molar-refractivity contribution in [3.8, 4) is 11.5 Å². The minimum atomic E-state index is -4.61. The van der Waals surface area contributed by atoms with Crippen molar-refractivity contribution in [3.05, 3.63) is 52.8 Å². The van der Waals surface area contributed by atoms with Gasteiger partial charge in [-0.25, -0.2) is 4.39 Å². The predicted molar refractivity (Wildman–Crippen MR) is 67.3 cm³/mol. The van der Waals surface area contributed by atoms with Crippen LogP contribution in [0, 0.1) is 5.82 Å². The molecular weight excluding hydrogens is 298 g/mol. The van der Waals surface area contributed by atoms with E-state index in [0.29, 0.717) is 6.07 Å². The van der Waals surface area contributed by atoms with Crippen LogP contribution in [0.5, 0.6) is 11.5 Å². The first-order chi connectivity index (χ1) is 9.29. The summed E-state index contributed by atoms with van der Waals surface area (Å²) >= 11 is 5.55. The monoisotopic (exact) mass is 305 g/mol. The molecule has 0 radical (unpaired) electrons. The lowest BCUT2D eigenvalue weighted by molar-refractivity contribution is -0.137. The van der Waals surface area contributed by atoms with E-state index in [9.17, 15) is 17.6 Å². The SMILES string of the molecule is Nc1ccc(Oc2cccc(Cl)c2F)cc1C(F)(F)F. The summed E-state index contributed by atoms with van der Waals surface area (Å²) in [5.74, 6) is -1.30. The number of alkyl halides is 3. The molecule has 20 heavy (non-hydrogen) atoms. The molecule has 0 saturated carbocycles. The third kappa shape index (κ3) is 2.96. The number of halogens is 5. The maximum Gasteiger partial charge on any atom is 0.418 e. The van der Waals surface area contributed by atoms with Crippen molar-refractivity contribution in [1.82, 2.24) is 0 Å². The van der Waals surface area contributed by atoms with Crippen LogP contribution in [0.3, 0.4) is 0 Å². The third-order valence-corrected chi connectivity index (χ3v) is 2.77. The molecule has 2 aromatic rings. The van der Waals surface area contributed by atoms with Crippen LogP contribution in [0.15, 0.2) is 36.4 Å². The van der Waals surface area contributed by atoms with Gasteiger partial charge in [-0.2, -0.15) is 13.2 Å². The predicted octanol–water partition coefficient (Wildman–Crippen LogP) is 4.87. The zero-order valence-electron chi connectivity index (χ0n) is 9.84. The Labute approximate surface area is 116 Å². The highest BCUT2D eigenvalue weighted by molar-refractivity contribution is 6.30. The van der Waals surface area contributed by atoms with E-state index in [1.54, 1.807) is 0 Å². The Morgan fingerprint density at radius 3 is 2.45 bits per heavy atom. The fourth-order valence-electron chi connectivity index (χ4n) is 1.53. The Morgan fingerprint density at radius 2 is 1.80 bits per heavy atom. The van der Waals surface area contributed by atoms with Gasteiger partial charge >= 0.3 is 6.18 Å². The van der Waals surface area contributed by atoms with Crippen molar-refractivity contribution in [2.45, 2.75) is 6.18 Å². The Hall–Kier alpha value is -1.95. The molecule has 2 aromatic carbocycles. The van der Waals surface area contributed by atoms with Crippen LogP contribution in [0.1, 0.15) is 5.56 Å². The molecule has 0 aliphatic rings. The van der Waals surface area contributed by atoms with Crippen molar-refractivity contribution in [2.75, 3.05) is 5.73 Å². The molecule has 0 fully saturated rings. The van der Waals surface area contributed by atoms with Crippen LogP contribution < -0.4 is 10.5 Å². The molecule has 0 spiro atoms. The number of nitrogen functional groups attached to an aromatic ring is 1. The zero-order valence-corrected chi connectivity index (χ0v) is 10.6. The summed E-state index contributed by atoms with van der Waals surface area (Å²) in [6, 6.07) is 6.93. The van der Waals surface area contributed by atoms with Crippen LogP contribution in [-0.4, -0.2) is 0 Å². The van der Waals surface area contributed by atoms with E-state index < -0.39 is 23.2 Å². The molecular formula is C13H8ClF4NO. The molecule has 106 valence electrons. The molecule has 0 aliphatic carbocycles. The van der Waals surface area contributed by atoms with Gasteiger partial charge < -0.3 is 10.5 Å². The van der Waals surface area contributed by atoms with Crippen LogP contribution in [-0.2, 0) is 6.18 Å². The van der Waals surface area contributed by atoms with E-state index in [1.807, 2.05) is 0 Å². The van der Waals surface area contributed by atoms with Gasteiger partial charge in [-0.15, -0.1) is 0 Å². The summed E-state index contributed by atoms with van der Waals surface area (Å²) in [4.78, 5) is 0. The van der Waals surface area contributed by atoms with Crippen LogP contribution in [0.4, 0.5) is 23.2 Å². The van der Waals surface area contributed by atoms with Gasteiger partial charge in [-0.3, -0.25) is 0 Å². The van der Waals surface area contributed by atoms with Crippen molar-refractivity contribution in [1.29, 1.82) is 0 Å². The standard InChI is InChI=1S/C13H8ClF4NO/c14-9-2-1-3-11(12(9)15)20-7-4-5-10(19)8(6-7)13(16,17)18/h1-6H,19H2. The lowest BCUT2D eigenvalue weighted by atomic mass is 10.1. The number of benzene rings is 2. The summed E-state index contributed by atoms with van der Waals surface area (Å²) in [5, 5.41) is -0.186. The highest BCUT2D eigenvalue weighted by Gasteiger charge is 2.33. The second kappa shape index (κ2) is 5.20. The molecule has 2 rings (SSSR count). The topological polar surface area (TPSA) is 35.2 Å². The number of hydrogen-bond acceptors (Lipinski definition) is 2. The number of nitrogens with two attached hydrogens (primary N) is 1. The van der Waals surface area contributed by atoms with E-state index in [-0.39, 0.29) is 16.5 Å². The first-order valence-corrected chi connectivity index (χ1v) is 5.75. The molecule has 0 saturated heterocycles. The maximum atomic E-state index is 13.6. The molecule has 2 N–H and O–H groups in total. The van der Waals surface area contributed by atoms with Crippen LogP contribution in [0.2, 0.25) is 5.02 Å². The van der Waals surface area contributed by atoms with E-state index >= 15 is 0 Å². The molecule has 2 nitrogen and oxygen atoms in total. The van der Waals surface area contributed by atoms with Crippen molar-refractivity contribution in [3.63, 3.8) is 0 Å². The van der Waals surface area contributed by atoms with E-state index in [2.05, 4.69) is 0 Å². The highest BCUT2D eigenvalue weighted by atomic mass is 35.5. The zero-order chi connectivity index (χ0) is 14.9. The minimum absolute atomic E-state index is 0.186. The van der Waals surface area contributed by atoms with Gasteiger partial charge in [0.2, 0.25) is 0 Å². The summed E-state index contributed by atoms with van der Waals surface area (Å²) in [5.41, 5.74) is 3.77. The largest absolute Gasteiger partial charge is 0.454 e. The summed E-state index contributed by atoms with van der Waals surface area (Å²) < 4.78 is 56.7. The van der Waals surface area contributed by atoms with Crippen molar-refractivity contribution in [2.24, 2.45) is 0 Å². The molecule has 0 aromatic heterocycles. The Balaban J connectivity index is 2.38. The molecule has 7 heteroatoms. The van der Waals surface area contributed by atoms with Gasteiger partial charge in [0.25, 0.3) is 0 Å². The van der Waals surface area contributed by atoms with Crippen LogP contribution >= 0.6 is 11.6 Å². The summed E-state index contributed by atoms with van der Waals surface area (Å²) in [6.07, 6.45) is -4.61. The quantitative estimate of drug-likeness (QED) is 0.634. The van der Waals surface area contributed by atoms with E-state index in [1.165, 1.54) is 24.3 Å². The molecule has 0 atom stereocenters. The lowest BCUT2D eigenvalue weighted by Gasteiger charge is -2.13. The lowest BCUT2D eigenvalue weighted by Crippen LogP contribution is -2.08. The summed E-state index contributed by atoms with van der Waals surface area (Å²) in [7, 11) is 0. The first-order valence-electron chi connectivity index (χ1n) is 5.37. The van der Waals surface area contributed by atoms with Gasteiger partial charge in [0, 0.05) is 5.69 Å². The average molecular weight is 306 g/mol. The normalized spacial score (nSPS) is 11.4. The van der Waals surface area contributed by atoms with E-state index in [0.717, 1.165) is 6.07 Å². The van der Waals surface area contributed by atoms with Gasteiger partial charge in [-0.1, -0.05) is 17.7 Å². The Bertz CT molecular complexity index is 643. The Kier molecular flexibility index (Phi) is 3.76. The fraction of sp³-hybridized carbons (Fsp3) is 0.0769. The van der Waals surface area contributed by atoms with Crippen LogP contribution in [0.25, 0.3) is 0 Å². The second-order valence-electron chi connectivity index (χ2n) is 3.90.